The number of thiophene rings is 1. The Morgan fingerprint density at radius 1 is 1.23 bits per heavy atom. The highest BCUT2D eigenvalue weighted by molar-refractivity contribution is 14.0. The number of nitrogens with one attached hydrogen (secondary N) is 2. The fraction of sp³-hybridized carbons (Fsp3) is 0.364. The van der Waals surface area contributed by atoms with E-state index in [0.29, 0.717) is 19.0 Å². The highest BCUT2D eigenvalue weighted by Gasteiger charge is 2.23. The van der Waals surface area contributed by atoms with Crippen molar-refractivity contribution in [3.8, 4) is 0 Å². The first-order valence-electron chi connectivity index (χ1n) is 9.89. The molecular weight excluding hydrogens is 509 g/mol. The standard InChI is InChI=1S/C22H29N5OS.HI/c1-3-23-21(26-17-22(2,28)19-10-14-29-16-19)25-11-9-20-24-12-13-27(20)15-18-7-5-4-6-8-18;/h4-8,10,12-14,16,28H,3,9,11,15,17H2,1-2H3,(H2,23,25,26);1H. The van der Waals surface area contributed by atoms with Gasteiger partial charge in [0.05, 0.1) is 6.54 Å². The summed E-state index contributed by atoms with van der Waals surface area (Å²) >= 11 is 1.58. The number of imidazole rings is 1. The minimum absolute atomic E-state index is 0. The molecule has 0 radical (unpaired) electrons. The van der Waals surface area contributed by atoms with Gasteiger partial charge in [-0.25, -0.2) is 9.98 Å². The summed E-state index contributed by atoms with van der Waals surface area (Å²) < 4.78 is 2.17. The van der Waals surface area contributed by atoms with Crippen LogP contribution in [0.2, 0.25) is 0 Å². The van der Waals surface area contributed by atoms with E-state index in [1.165, 1.54) is 5.56 Å². The van der Waals surface area contributed by atoms with Crippen molar-refractivity contribution in [3.63, 3.8) is 0 Å². The molecule has 0 aliphatic carbocycles. The van der Waals surface area contributed by atoms with Crippen LogP contribution in [0.4, 0.5) is 0 Å². The Morgan fingerprint density at radius 3 is 2.73 bits per heavy atom. The minimum Gasteiger partial charge on any atom is -0.383 e. The minimum atomic E-state index is -0.978. The number of aromatic nitrogens is 2. The predicted molar refractivity (Wildman–Crippen MR) is 135 cm³/mol. The van der Waals surface area contributed by atoms with Gasteiger partial charge in [0, 0.05) is 38.4 Å². The van der Waals surface area contributed by atoms with Gasteiger partial charge >= 0.3 is 0 Å². The Labute approximate surface area is 199 Å². The van der Waals surface area contributed by atoms with Crippen molar-refractivity contribution in [2.45, 2.75) is 32.4 Å². The lowest BCUT2D eigenvalue weighted by Crippen LogP contribution is -2.39. The lowest BCUT2D eigenvalue weighted by atomic mass is 10.00. The molecule has 0 bridgehead atoms. The summed E-state index contributed by atoms with van der Waals surface area (Å²) in [5.41, 5.74) is 1.17. The van der Waals surface area contributed by atoms with E-state index in [-0.39, 0.29) is 24.0 Å². The van der Waals surface area contributed by atoms with Crippen LogP contribution in [0.1, 0.15) is 30.8 Å². The summed E-state index contributed by atoms with van der Waals surface area (Å²) in [6, 6.07) is 12.3. The molecule has 0 aliphatic rings. The van der Waals surface area contributed by atoms with Crippen molar-refractivity contribution >= 4 is 41.3 Å². The van der Waals surface area contributed by atoms with E-state index in [1.54, 1.807) is 18.3 Å². The molecule has 0 amide bonds. The maximum absolute atomic E-state index is 10.7. The second kappa shape index (κ2) is 12.1. The van der Waals surface area contributed by atoms with Gasteiger partial charge in [-0.2, -0.15) is 11.3 Å². The Kier molecular flexibility index (Phi) is 9.80. The molecule has 6 nitrogen and oxygen atoms in total. The van der Waals surface area contributed by atoms with Gasteiger partial charge in [0.15, 0.2) is 5.96 Å². The van der Waals surface area contributed by atoms with Crippen molar-refractivity contribution < 1.29 is 5.11 Å². The molecule has 0 spiro atoms. The number of aliphatic hydroxyl groups is 1. The number of halogens is 1. The van der Waals surface area contributed by atoms with Crippen molar-refractivity contribution in [2.75, 3.05) is 19.6 Å². The molecule has 3 aromatic rings. The number of benzene rings is 1. The van der Waals surface area contributed by atoms with Crippen LogP contribution in [0.5, 0.6) is 0 Å². The summed E-state index contributed by atoms with van der Waals surface area (Å²) in [4.78, 5) is 9.07. The lowest BCUT2D eigenvalue weighted by Gasteiger charge is -2.21. The summed E-state index contributed by atoms with van der Waals surface area (Å²) in [5, 5.41) is 21.2. The average molecular weight is 539 g/mol. The molecule has 1 atom stereocenters. The van der Waals surface area contributed by atoms with Crippen LogP contribution in [0.15, 0.2) is 64.5 Å². The Bertz CT molecular complexity index is 893. The van der Waals surface area contributed by atoms with Gasteiger partial charge in [-0.15, -0.1) is 24.0 Å². The Hall–Kier alpha value is -1.91. The van der Waals surface area contributed by atoms with Gasteiger partial charge in [0.2, 0.25) is 0 Å². The number of hydrogen-bond acceptors (Lipinski definition) is 4. The highest BCUT2D eigenvalue weighted by Crippen LogP contribution is 2.23. The largest absolute Gasteiger partial charge is 0.383 e. The van der Waals surface area contributed by atoms with Gasteiger partial charge in [-0.1, -0.05) is 30.3 Å². The molecule has 8 heteroatoms. The molecule has 162 valence electrons. The van der Waals surface area contributed by atoms with Crippen LogP contribution in [0.25, 0.3) is 0 Å². The number of hydrogen-bond donors (Lipinski definition) is 3. The quantitative estimate of drug-likeness (QED) is 0.221. The van der Waals surface area contributed by atoms with Crippen molar-refractivity contribution in [2.24, 2.45) is 4.99 Å². The van der Waals surface area contributed by atoms with E-state index < -0.39 is 5.60 Å². The van der Waals surface area contributed by atoms with Crippen LogP contribution < -0.4 is 10.6 Å². The summed E-state index contributed by atoms with van der Waals surface area (Å²) in [6.07, 6.45) is 4.64. The average Bonchev–Trinajstić information content (AvgIpc) is 3.40. The van der Waals surface area contributed by atoms with Gasteiger partial charge in [-0.3, -0.25) is 0 Å². The fourth-order valence-corrected chi connectivity index (χ4v) is 3.80. The van der Waals surface area contributed by atoms with Gasteiger partial charge in [0.25, 0.3) is 0 Å². The zero-order valence-electron chi connectivity index (χ0n) is 17.4. The molecule has 0 fully saturated rings. The zero-order chi connectivity index (χ0) is 20.5. The molecular formula is C22H30IN5OS. The molecule has 2 heterocycles. The normalized spacial score (nSPS) is 13.4. The summed E-state index contributed by atoms with van der Waals surface area (Å²) in [7, 11) is 0. The third-order valence-corrected chi connectivity index (χ3v) is 5.35. The SMILES string of the molecule is CCNC(=NCC(C)(O)c1ccsc1)NCCc1nccn1Cc1ccccc1.I. The molecule has 3 rings (SSSR count). The van der Waals surface area contributed by atoms with E-state index in [0.717, 1.165) is 30.9 Å². The lowest BCUT2D eigenvalue weighted by molar-refractivity contribution is 0.0677. The van der Waals surface area contributed by atoms with Crippen molar-refractivity contribution in [1.82, 2.24) is 20.2 Å². The molecule has 1 unspecified atom stereocenters. The first-order chi connectivity index (χ1) is 14.1. The van der Waals surface area contributed by atoms with E-state index in [1.807, 2.05) is 42.2 Å². The second-order valence-electron chi connectivity index (χ2n) is 7.11. The third-order valence-electron chi connectivity index (χ3n) is 4.67. The van der Waals surface area contributed by atoms with Crippen LogP contribution in [0, 0.1) is 0 Å². The maximum Gasteiger partial charge on any atom is 0.191 e. The Morgan fingerprint density at radius 2 is 2.03 bits per heavy atom. The number of rotatable bonds is 9. The number of nitrogens with zero attached hydrogens (tertiary/aromatic N) is 3. The van der Waals surface area contributed by atoms with Gasteiger partial charge < -0.3 is 20.3 Å². The maximum atomic E-state index is 10.7. The topological polar surface area (TPSA) is 74.5 Å². The first-order valence-corrected chi connectivity index (χ1v) is 10.8. The van der Waals surface area contributed by atoms with Gasteiger partial charge in [-0.05, 0) is 41.8 Å². The molecule has 1 aromatic carbocycles. The van der Waals surface area contributed by atoms with Crippen molar-refractivity contribution in [3.05, 3.63) is 76.5 Å². The van der Waals surface area contributed by atoms with Crippen LogP contribution in [-0.2, 0) is 18.6 Å². The van der Waals surface area contributed by atoms with Crippen LogP contribution >= 0.6 is 35.3 Å². The van der Waals surface area contributed by atoms with E-state index >= 15 is 0 Å². The zero-order valence-corrected chi connectivity index (χ0v) is 20.6. The van der Waals surface area contributed by atoms with Gasteiger partial charge in [0.1, 0.15) is 11.4 Å². The molecule has 0 aliphatic heterocycles. The summed E-state index contributed by atoms with van der Waals surface area (Å²) in [5.74, 6) is 1.73. The molecule has 0 saturated carbocycles. The number of aliphatic imine (C=N–C) groups is 1. The molecule has 0 saturated heterocycles. The van der Waals surface area contributed by atoms with Crippen molar-refractivity contribution in [1.29, 1.82) is 0 Å². The third kappa shape index (κ3) is 7.10. The van der Waals surface area contributed by atoms with E-state index in [9.17, 15) is 5.11 Å². The smallest absolute Gasteiger partial charge is 0.191 e. The second-order valence-corrected chi connectivity index (χ2v) is 7.89. The van der Waals surface area contributed by atoms with Crippen LogP contribution in [0.3, 0.4) is 0 Å². The molecule has 3 N–H and O–H groups in total. The molecule has 2 aromatic heterocycles. The summed E-state index contributed by atoms with van der Waals surface area (Å²) in [6.45, 7) is 6.39. The monoisotopic (exact) mass is 539 g/mol. The van der Waals surface area contributed by atoms with E-state index in [4.69, 9.17) is 0 Å². The highest BCUT2D eigenvalue weighted by atomic mass is 127. The van der Waals surface area contributed by atoms with Crippen LogP contribution in [-0.4, -0.2) is 40.3 Å². The Balaban J connectivity index is 0.00000320. The molecule has 30 heavy (non-hydrogen) atoms. The van der Waals surface area contributed by atoms with E-state index in [2.05, 4.69) is 49.4 Å². The number of guanidine groups is 1. The fourth-order valence-electron chi connectivity index (χ4n) is 3.02. The predicted octanol–water partition coefficient (Wildman–Crippen LogP) is 3.62. The first kappa shape index (κ1) is 24.4.